The van der Waals surface area contributed by atoms with E-state index in [1.165, 1.54) is 12.1 Å². The third kappa shape index (κ3) is 8.71. The van der Waals surface area contributed by atoms with E-state index in [0.29, 0.717) is 39.5 Å². The predicted octanol–water partition coefficient (Wildman–Crippen LogP) is 2.41. The van der Waals surface area contributed by atoms with Crippen LogP contribution in [0.4, 0.5) is 4.39 Å². The molecular weight excluding hydrogens is 462 g/mol. The van der Waals surface area contributed by atoms with Gasteiger partial charge in [0.05, 0.1) is 32.4 Å². The largest absolute Gasteiger partial charge is 0.380 e. The van der Waals surface area contributed by atoms with Crippen molar-refractivity contribution in [3.05, 3.63) is 35.6 Å². The van der Waals surface area contributed by atoms with E-state index in [1.807, 2.05) is 26.0 Å². The Labute approximate surface area is 178 Å². The van der Waals surface area contributed by atoms with Gasteiger partial charge in [0, 0.05) is 32.8 Å². The second kappa shape index (κ2) is 14.1. The minimum Gasteiger partial charge on any atom is -0.380 e. The fraction of sp³-hybridized carbons (Fsp3) is 0.632. The Morgan fingerprint density at radius 3 is 2.56 bits per heavy atom. The number of rotatable bonds is 9. The van der Waals surface area contributed by atoms with Gasteiger partial charge in [-0.3, -0.25) is 9.89 Å². The van der Waals surface area contributed by atoms with Crippen molar-refractivity contribution in [2.24, 2.45) is 4.99 Å². The van der Waals surface area contributed by atoms with Crippen LogP contribution in [-0.2, 0) is 9.47 Å². The van der Waals surface area contributed by atoms with Gasteiger partial charge in [-0.05, 0) is 31.5 Å². The molecule has 154 valence electrons. The van der Waals surface area contributed by atoms with Gasteiger partial charge in [-0.1, -0.05) is 12.1 Å². The van der Waals surface area contributed by atoms with Gasteiger partial charge >= 0.3 is 0 Å². The molecule has 0 bridgehead atoms. The average Bonchev–Trinajstić information content (AvgIpc) is 2.67. The van der Waals surface area contributed by atoms with Crippen LogP contribution < -0.4 is 10.6 Å². The zero-order valence-electron chi connectivity index (χ0n) is 16.2. The summed E-state index contributed by atoms with van der Waals surface area (Å²) in [4.78, 5) is 7.10. The highest BCUT2D eigenvalue weighted by atomic mass is 127. The third-order valence-electron chi connectivity index (χ3n) is 4.25. The summed E-state index contributed by atoms with van der Waals surface area (Å²) in [5.41, 5.74) is 1.07. The van der Waals surface area contributed by atoms with Crippen LogP contribution in [0, 0.1) is 5.82 Å². The molecule has 1 aromatic carbocycles. The monoisotopic (exact) mass is 494 g/mol. The molecule has 1 unspecified atom stereocenters. The van der Waals surface area contributed by atoms with E-state index < -0.39 is 0 Å². The van der Waals surface area contributed by atoms with Crippen molar-refractivity contribution >= 4 is 29.9 Å². The second-order valence-electron chi connectivity index (χ2n) is 6.06. The van der Waals surface area contributed by atoms with Crippen molar-refractivity contribution in [3.63, 3.8) is 0 Å². The Hall–Kier alpha value is -0.970. The Kier molecular flexibility index (Phi) is 12.6. The van der Waals surface area contributed by atoms with Crippen molar-refractivity contribution in [2.75, 3.05) is 59.2 Å². The van der Waals surface area contributed by atoms with Crippen LogP contribution in [0.5, 0.6) is 0 Å². The predicted molar refractivity (Wildman–Crippen MR) is 117 cm³/mol. The first-order valence-electron chi connectivity index (χ1n) is 9.41. The Morgan fingerprint density at radius 1 is 1.22 bits per heavy atom. The van der Waals surface area contributed by atoms with E-state index in [4.69, 9.17) is 14.5 Å². The van der Waals surface area contributed by atoms with Crippen molar-refractivity contribution in [2.45, 2.75) is 19.9 Å². The van der Waals surface area contributed by atoms with Gasteiger partial charge in [-0.2, -0.15) is 0 Å². The Bertz CT molecular complexity index is 539. The van der Waals surface area contributed by atoms with Crippen LogP contribution in [0.25, 0.3) is 0 Å². The highest BCUT2D eigenvalue weighted by Gasteiger charge is 2.22. The van der Waals surface area contributed by atoms with Gasteiger partial charge in [0.2, 0.25) is 0 Å². The van der Waals surface area contributed by atoms with Crippen molar-refractivity contribution in [1.29, 1.82) is 0 Å². The number of ether oxygens (including phenoxy) is 2. The first-order chi connectivity index (χ1) is 12.7. The van der Waals surface area contributed by atoms with Crippen LogP contribution in [0.2, 0.25) is 0 Å². The summed E-state index contributed by atoms with van der Waals surface area (Å²) in [5, 5.41) is 6.54. The standard InChI is InChI=1S/C19H31FN4O2.HI/c1-3-21-19(22-9-12-25-4-2)23-15-18(24-10-13-26-14-11-24)16-5-7-17(20)8-6-16;/h5-8,18H,3-4,9-15H2,1-2H3,(H2,21,22,23);1H. The van der Waals surface area contributed by atoms with Gasteiger partial charge < -0.3 is 20.1 Å². The highest BCUT2D eigenvalue weighted by molar-refractivity contribution is 14.0. The lowest BCUT2D eigenvalue weighted by Gasteiger charge is -2.34. The molecule has 1 aromatic rings. The summed E-state index contributed by atoms with van der Waals surface area (Å²) in [7, 11) is 0. The topological polar surface area (TPSA) is 58.1 Å². The van der Waals surface area contributed by atoms with E-state index in [9.17, 15) is 4.39 Å². The molecular formula is C19H32FIN4O2. The van der Waals surface area contributed by atoms with E-state index in [0.717, 1.165) is 31.2 Å². The molecule has 0 amide bonds. The lowest BCUT2D eigenvalue weighted by atomic mass is 10.0. The molecule has 1 atom stereocenters. The van der Waals surface area contributed by atoms with Gasteiger partial charge in [-0.15, -0.1) is 24.0 Å². The highest BCUT2D eigenvalue weighted by Crippen LogP contribution is 2.22. The molecule has 1 fully saturated rings. The van der Waals surface area contributed by atoms with Gasteiger partial charge in [0.15, 0.2) is 5.96 Å². The van der Waals surface area contributed by atoms with Crippen molar-refractivity contribution < 1.29 is 13.9 Å². The Balaban J connectivity index is 0.00000364. The maximum absolute atomic E-state index is 13.3. The molecule has 1 aliphatic rings. The maximum Gasteiger partial charge on any atom is 0.191 e. The summed E-state index contributed by atoms with van der Waals surface area (Å²) in [6, 6.07) is 6.82. The van der Waals surface area contributed by atoms with Crippen molar-refractivity contribution in [3.8, 4) is 0 Å². The molecule has 1 aliphatic heterocycles. The van der Waals surface area contributed by atoms with E-state index in [1.54, 1.807) is 0 Å². The SMILES string of the molecule is CCNC(=NCC(c1ccc(F)cc1)N1CCOCC1)NCCOCC.I. The molecule has 1 saturated heterocycles. The zero-order valence-corrected chi connectivity index (χ0v) is 18.6. The molecule has 0 aromatic heterocycles. The first-order valence-corrected chi connectivity index (χ1v) is 9.41. The molecule has 2 rings (SSSR count). The van der Waals surface area contributed by atoms with E-state index in [-0.39, 0.29) is 35.8 Å². The molecule has 6 nitrogen and oxygen atoms in total. The maximum atomic E-state index is 13.3. The summed E-state index contributed by atoms with van der Waals surface area (Å²) in [5.74, 6) is 0.552. The molecule has 0 aliphatic carbocycles. The van der Waals surface area contributed by atoms with Gasteiger partial charge in [0.1, 0.15) is 5.82 Å². The molecule has 0 spiro atoms. The van der Waals surface area contributed by atoms with Crippen LogP contribution >= 0.6 is 24.0 Å². The van der Waals surface area contributed by atoms with Crippen LogP contribution in [0.1, 0.15) is 25.5 Å². The number of morpholine rings is 1. The molecule has 0 saturated carbocycles. The van der Waals surface area contributed by atoms with Crippen LogP contribution in [-0.4, -0.2) is 70.0 Å². The number of halogens is 2. The van der Waals surface area contributed by atoms with E-state index >= 15 is 0 Å². The second-order valence-corrected chi connectivity index (χ2v) is 6.06. The molecule has 2 N–H and O–H groups in total. The first kappa shape index (κ1) is 24.1. The number of hydrogen-bond acceptors (Lipinski definition) is 4. The summed E-state index contributed by atoms with van der Waals surface area (Å²) in [6.45, 7) is 10.6. The van der Waals surface area contributed by atoms with Gasteiger partial charge in [0.25, 0.3) is 0 Å². The molecule has 27 heavy (non-hydrogen) atoms. The van der Waals surface area contributed by atoms with E-state index in [2.05, 4.69) is 15.5 Å². The minimum absolute atomic E-state index is 0. The third-order valence-corrected chi connectivity index (χ3v) is 4.25. The van der Waals surface area contributed by atoms with Crippen LogP contribution in [0.3, 0.4) is 0 Å². The quantitative estimate of drug-likeness (QED) is 0.239. The molecule has 1 heterocycles. The molecule has 0 radical (unpaired) electrons. The fourth-order valence-electron chi connectivity index (χ4n) is 2.91. The smallest absolute Gasteiger partial charge is 0.191 e. The number of nitrogens with one attached hydrogen (secondary N) is 2. The summed E-state index contributed by atoms with van der Waals surface area (Å²) >= 11 is 0. The summed E-state index contributed by atoms with van der Waals surface area (Å²) in [6.07, 6.45) is 0. The number of aliphatic imine (C=N–C) groups is 1. The number of benzene rings is 1. The van der Waals surface area contributed by atoms with Crippen LogP contribution in [0.15, 0.2) is 29.3 Å². The van der Waals surface area contributed by atoms with Gasteiger partial charge in [-0.25, -0.2) is 4.39 Å². The fourth-order valence-corrected chi connectivity index (χ4v) is 2.91. The molecule has 8 heteroatoms. The average molecular weight is 494 g/mol. The zero-order chi connectivity index (χ0) is 18.6. The Morgan fingerprint density at radius 2 is 1.93 bits per heavy atom. The lowest BCUT2D eigenvalue weighted by Crippen LogP contribution is -2.42. The summed E-state index contributed by atoms with van der Waals surface area (Å²) < 4.78 is 24.1. The lowest BCUT2D eigenvalue weighted by molar-refractivity contribution is 0.0179. The van der Waals surface area contributed by atoms with Crippen molar-refractivity contribution in [1.82, 2.24) is 15.5 Å². The number of guanidine groups is 1. The normalized spacial score (nSPS) is 16.5. The number of hydrogen-bond donors (Lipinski definition) is 2. The number of nitrogens with zero attached hydrogens (tertiary/aromatic N) is 2. The minimum atomic E-state index is -0.219.